The largest absolute Gasteiger partial charge is 0.490 e. The highest BCUT2D eigenvalue weighted by atomic mass is 19.4. The van der Waals surface area contributed by atoms with E-state index in [4.69, 9.17) is 9.90 Å². The second kappa shape index (κ2) is 8.56. The van der Waals surface area contributed by atoms with Crippen LogP contribution in [0.3, 0.4) is 0 Å². The Bertz CT molecular complexity index is 813. The van der Waals surface area contributed by atoms with Gasteiger partial charge in [-0.05, 0) is 31.0 Å². The Labute approximate surface area is 152 Å². The SMILES string of the molecule is Cc1ncnc2c1CCN(C(=O)c1ccccn1)CC2.O=C(O)C(F)(F)F. The number of aliphatic carboxylic acids is 1. The minimum atomic E-state index is -5.08. The van der Waals surface area contributed by atoms with Crippen molar-refractivity contribution >= 4 is 11.9 Å². The molecule has 1 amide bonds. The summed E-state index contributed by atoms with van der Waals surface area (Å²) < 4.78 is 31.7. The molecule has 7 nitrogen and oxygen atoms in total. The number of aromatic nitrogens is 3. The Morgan fingerprint density at radius 2 is 1.78 bits per heavy atom. The quantitative estimate of drug-likeness (QED) is 0.811. The van der Waals surface area contributed by atoms with Gasteiger partial charge in [-0.3, -0.25) is 9.78 Å². The molecule has 2 aromatic rings. The smallest absolute Gasteiger partial charge is 0.475 e. The van der Waals surface area contributed by atoms with Crippen LogP contribution in [0.15, 0.2) is 30.7 Å². The molecular formula is C17H17F3N4O3. The molecule has 3 rings (SSSR count). The molecule has 0 spiro atoms. The van der Waals surface area contributed by atoms with Gasteiger partial charge >= 0.3 is 12.1 Å². The molecule has 0 fully saturated rings. The van der Waals surface area contributed by atoms with Crippen LogP contribution in [0.1, 0.15) is 27.4 Å². The molecule has 1 N–H and O–H groups in total. The molecule has 3 heterocycles. The third-order valence-corrected chi connectivity index (χ3v) is 3.91. The highest BCUT2D eigenvalue weighted by Crippen LogP contribution is 2.17. The average molecular weight is 382 g/mol. The van der Waals surface area contributed by atoms with E-state index in [9.17, 15) is 18.0 Å². The number of nitrogens with zero attached hydrogens (tertiary/aromatic N) is 4. The predicted octanol–water partition coefficient (Wildman–Crippen LogP) is 2.05. The van der Waals surface area contributed by atoms with E-state index >= 15 is 0 Å². The molecule has 0 aromatic carbocycles. The summed E-state index contributed by atoms with van der Waals surface area (Å²) in [4.78, 5) is 35.9. The molecule has 0 atom stereocenters. The molecule has 0 bridgehead atoms. The van der Waals surface area contributed by atoms with Crippen LogP contribution in [-0.4, -0.2) is 56.1 Å². The van der Waals surface area contributed by atoms with Gasteiger partial charge in [-0.2, -0.15) is 13.2 Å². The molecular weight excluding hydrogens is 365 g/mol. The number of amides is 1. The maximum absolute atomic E-state index is 12.4. The first-order chi connectivity index (χ1) is 12.7. The van der Waals surface area contributed by atoms with Crippen LogP contribution in [0.4, 0.5) is 13.2 Å². The third-order valence-electron chi connectivity index (χ3n) is 3.91. The fourth-order valence-electron chi connectivity index (χ4n) is 2.54. The number of hydrogen-bond donors (Lipinski definition) is 1. The van der Waals surface area contributed by atoms with Gasteiger partial charge in [-0.15, -0.1) is 0 Å². The summed E-state index contributed by atoms with van der Waals surface area (Å²) in [6, 6.07) is 5.40. The van der Waals surface area contributed by atoms with Gasteiger partial charge < -0.3 is 10.0 Å². The van der Waals surface area contributed by atoms with Crippen molar-refractivity contribution in [2.24, 2.45) is 0 Å². The monoisotopic (exact) mass is 382 g/mol. The van der Waals surface area contributed by atoms with Crippen molar-refractivity contribution in [1.82, 2.24) is 19.9 Å². The lowest BCUT2D eigenvalue weighted by atomic mass is 10.1. The van der Waals surface area contributed by atoms with Gasteiger partial charge in [0.2, 0.25) is 0 Å². The predicted molar refractivity (Wildman–Crippen MR) is 88.0 cm³/mol. The van der Waals surface area contributed by atoms with Crippen molar-refractivity contribution in [1.29, 1.82) is 0 Å². The highest BCUT2D eigenvalue weighted by molar-refractivity contribution is 5.92. The zero-order valence-corrected chi connectivity index (χ0v) is 14.4. The van der Waals surface area contributed by atoms with Gasteiger partial charge in [-0.1, -0.05) is 6.07 Å². The van der Waals surface area contributed by atoms with Crippen LogP contribution < -0.4 is 0 Å². The van der Waals surface area contributed by atoms with E-state index in [0.717, 1.165) is 24.2 Å². The van der Waals surface area contributed by atoms with Gasteiger partial charge in [0, 0.05) is 37.1 Å². The summed E-state index contributed by atoms with van der Waals surface area (Å²) in [5.41, 5.74) is 3.76. The van der Waals surface area contributed by atoms with Crippen LogP contribution in [0.5, 0.6) is 0 Å². The minimum absolute atomic E-state index is 0.0102. The Kier molecular flexibility index (Phi) is 6.43. The summed E-state index contributed by atoms with van der Waals surface area (Å²) in [7, 11) is 0. The summed E-state index contributed by atoms with van der Waals surface area (Å²) >= 11 is 0. The number of halogens is 3. The maximum Gasteiger partial charge on any atom is 0.490 e. The third kappa shape index (κ3) is 5.47. The number of carboxylic acid groups (broad SMARTS) is 1. The topological polar surface area (TPSA) is 96.3 Å². The number of carboxylic acids is 1. The lowest BCUT2D eigenvalue weighted by molar-refractivity contribution is -0.192. The number of pyridine rings is 1. The number of alkyl halides is 3. The number of fused-ring (bicyclic) bond motifs is 1. The molecule has 27 heavy (non-hydrogen) atoms. The van der Waals surface area contributed by atoms with Crippen molar-refractivity contribution in [2.45, 2.75) is 25.9 Å². The number of carbonyl (C=O) groups is 2. The minimum Gasteiger partial charge on any atom is -0.475 e. The second-order valence-electron chi connectivity index (χ2n) is 5.69. The lowest BCUT2D eigenvalue weighted by Gasteiger charge is -2.19. The Hall–Kier alpha value is -3.04. The zero-order chi connectivity index (χ0) is 20.0. The fraction of sp³-hybridized carbons (Fsp3) is 0.353. The lowest BCUT2D eigenvalue weighted by Crippen LogP contribution is -2.33. The van der Waals surface area contributed by atoms with Crippen LogP contribution in [0.2, 0.25) is 0 Å². The van der Waals surface area contributed by atoms with Crippen molar-refractivity contribution in [3.63, 3.8) is 0 Å². The first-order valence-corrected chi connectivity index (χ1v) is 8.00. The van der Waals surface area contributed by atoms with Crippen LogP contribution in [0, 0.1) is 6.92 Å². The van der Waals surface area contributed by atoms with Gasteiger partial charge in [0.15, 0.2) is 0 Å². The summed E-state index contributed by atoms with van der Waals surface area (Å²) in [5.74, 6) is -2.77. The highest BCUT2D eigenvalue weighted by Gasteiger charge is 2.38. The van der Waals surface area contributed by atoms with E-state index < -0.39 is 12.1 Å². The Morgan fingerprint density at radius 3 is 2.37 bits per heavy atom. The van der Waals surface area contributed by atoms with E-state index in [1.165, 1.54) is 5.56 Å². The Morgan fingerprint density at radius 1 is 1.11 bits per heavy atom. The van der Waals surface area contributed by atoms with E-state index in [1.54, 1.807) is 18.6 Å². The summed E-state index contributed by atoms with van der Waals surface area (Å²) in [5, 5.41) is 7.12. The number of aryl methyl sites for hydroxylation is 1. The average Bonchev–Trinajstić information content (AvgIpc) is 2.85. The molecule has 144 valence electrons. The number of carbonyl (C=O) groups excluding carboxylic acids is 1. The van der Waals surface area contributed by atoms with E-state index in [-0.39, 0.29) is 5.91 Å². The first kappa shape index (κ1) is 20.3. The molecule has 10 heteroatoms. The standard InChI is InChI=1S/C15H16N4O.C2HF3O2/c1-11-12-5-8-19(9-6-13(12)18-10-17-11)15(20)14-4-2-3-7-16-14;3-2(4,5)1(6)7/h2-4,7,10H,5-6,8-9H2,1H3;(H,6,7). The first-order valence-electron chi connectivity index (χ1n) is 8.00. The van der Waals surface area contributed by atoms with Crippen molar-refractivity contribution in [3.8, 4) is 0 Å². The second-order valence-corrected chi connectivity index (χ2v) is 5.69. The van der Waals surface area contributed by atoms with E-state index in [0.29, 0.717) is 18.8 Å². The molecule has 1 aliphatic rings. The van der Waals surface area contributed by atoms with Gasteiger partial charge in [0.1, 0.15) is 12.0 Å². The molecule has 1 aliphatic heterocycles. The van der Waals surface area contributed by atoms with Gasteiger partial charge in [0.25, 0.3) is 5.91 Å². The molecule has 0 saturated heterocycles. The van der Waals surface area contributed by atoms with Crippen molar-refractivity contribution in [3.05, 3.63) is 53.4 Å². The van der Waals surface area contributed by atoms with Crippen LogP contribution >= 0.6 is 0 Å². The number of hydrogen-bond acceptors (Lipinski definition) is 5. The van der Waals surface area contributed by atoms with Crippen LogP contribution in [0.25, 0.3) is 0 Å². The summed E-state index contributed by atoms with van der Waals surface area (Å²) in [6.45, 7) is 3.37. The van der Waals surface area contributed by atoms with E-state index in [2.05, 4.69) is 15.0 Å². The maximum atomic E-state index is 12.4. The van der Waals surface area contributed by atoms with Gasteiger partial charge in [-0.25, -0.2) is 14.8 Å². The van der Waals surface area contributed by atoms with Gasteiger partial charge in [0.05, 0.1) is 0 Å². The molecule has 2 aromatic heterocycles. The van der Waals surface area contributed by atoms with Crippen LogP contribution in [-0.2, 0) is 17.6 Å². The fourth-order valence-corrected chi connectivity index (χ4v) is 2.54. The normalized spacial score (nSPS) is 13.7. The summed E-state index contributed by atoms with van der Waals surface area (Å²) in [6.07, 6.45) is -0.252. The van der Waals surface area contributed by atoms with E-state index in [1.807, 2.05) is 24.0 Å². The van der Waals surface area contributed by atoms with Crippen molar-refractivity contribution in [2.75, 3.05) is 13.1 Å². The molecule has 0 unspecified atom stereocenters. The molecule has 0 radical (unpaired) electrons. The molecule has 0 aliphatic carbocycles. The Balaban J connectivity index is 0.000000321. The molecule has 0 saturated carbocycles. The zero-order valence-electron chi connectivity index (χ0n) is 14.4. The number of rotatable bonds is 1. The van der Waals surface area contributed by atoms with Crippen molar-refractivity contribution < 1.29 is 27.9 Å².